The van der Waals surface area contributed by atoms with Crippen molar-refractivity contribution in [1.29, 1.82) is 0 Å². The van der Waals surface area contributed by atoms with Crippen LogP contribution in [0.25, 0.3) is 27.7 Å². The van der Waals surface area contributed by atoms with Crippen LogP contribution in [0.5, 0.6) is 0 Å². The maximum Gasteiger partial charge on any atom is 0.180 e. The Kier molecular flexibility index (Phi) is 2.96. The summed E-state index contributed by atoms with van der Waals surface area (Å²) in [7, 11) is 0. The van der Waals surface area contributed by atoms with Crippen LogP contribution in [0.15, 0.2) is 67.5 Å². The molecule has 120 valence electrons. The minimum absolute atomic E-state index is 0.654. The molecule has 7 nitrogen and oxygen atoms in total. The maximum atomic E-state index is 4.52. The Morgan fingerprint density at radius 3 is 2.76 bits per heavy atom. The monoisotopic (exact) mass is 327 g/mol. The third-order valence-electron chi connectivity index (χ3n) is 4.13. The molecule has 5 rings (SSSR count). The fraction of sp³-hybridized carbons (Fsp3) is 0. The number of anilines is 2. The summed E-state index contributed by atoms with van der Waals surface area (Å²) in [6.45, 7) is 0. The van der Waals surface area contributed by atoms with Gasteiger partial charge in [-0.15, -0.1) is 0 Å². The molecule has 0 aliphatic rings. The summed E-state index contributed by atoms with van der Waals surface area (Å²) in [4.78, 5) is 13.4. The smallest absolute Gasteiger partial charge is 0.180 e. The highest BCUT2D eigenvalue weighted by Gasteiger charge is 2.12. The van der Waals surface area contributed by atoms with Crippen molar-refractivity contribution in [1.82, 2.24) is 29.5 Å². The second-order valence-corrected chi connectivity index (χ2v) is 5.61. The zero-order valence-corrected chi connectivity index (χ0v) is 13.1. The maximum absolute atomic E-state index is 4.52. The number of rotatable bonds is 3. The van der Waals surface area contributed by atoms with Gasteiger partial charge in [-0.05, 0) is 11.5 Å². The van der Waals surface area contributed by atoms with E-state index in [1.807, 2.05) is 47.3 Å². The van der Waals surface area contributed by atoms with Crippen LogP contribution in [0, 0.1) is 0 Å². The van der Waals surface area contributed by atoms with Gasteiger partial charge < -0.3 is 5.32 Å². The number of imidazole rings is 1. The third-order valence-corrected chi connectivity index (χ3v) is 4.13. The summed E-state index contributed by atoms with van der Waals surface area (Å²) in [5.41, 5.74) is 2.64. The highest BCUT2D eigenvalue weighted by atomic mass is 15.1. The lowest BCUT2D eigenvalue weighted by Crippen LogP contribution is -2.00. The third kappa shape index (κ3) is 2.21. The van der Waals surface area contributed by atoms with E-state index in [1.165, 1.54) is 0 Å². The van der Waals surface area contributed by atoms with Gasteiger partial charge in [0.25, 0.3) is 0 Å². The molecule has 4 heterocycles. The Labute approximate surface area is 142 Å². The highest BCUT2D eigenvalue weighted by molar-refractivity contribution is 5.93. The summed E-state index contributed by atoms with van der Waals surface area (Å²) >= 11 is 0. The highest BCUT2D eigenvalue weighted by Crippen LogP contribution is 2.27. The van der Waals surface area contributed by atoms with Crippen molar-refractivity contribution in [3.63, 3.8) is 0 Å². The van der Waals surface area contributed by atoms with Crippen LogP contribution in [-0.4, -0.2) is 29.5 Å². The molecular formula is C18H13N7. The molecule has 5 aromatic rings. The molecular weight excluding hydrogens is 314 g/mol. The van der Waals surface area contributed by atoms with Crippen molar-refractivity contribution in [3.05, 3.63) is 67.5 Å². The van der Waals surface area contributed by atoms with E-state index in [0.717, 1.165) is 33.5 Å². The predicted molar refractivity (Wildman–Crippen MR) is 95.6 cm³/mol. The first-order valence-electron chi connectivity index (χ1n) is 7.82. The number of hydrogen-bond acceptors (Lipinski definition) is 5. The quantitative estimate of drug-likeness (QED) is 0.530. The van der Waals surface area contributed by atoms with E-state index in [4.69, 9.17) is 0 Å². The first kappa shape index (κ1) is 13.7. The van der Waals surface area contributed by atoms with Crippen molar-refractivity contribution in [2.45, 2.75) is 0 Å². The Hall–Kier alpha value is -3.74. The van der Waals surface area contributed by atoms with Crippen molar-refractivity contribution < 1.29 is 0 Å². The van der Waals surface area contributed by atoms with Crippen LogP contribution < -0.4 is 5.32 Å². The van der Waals surface area contributed by atoms with Gasteiger partial charge >= 0.3 is 0 Å². The molecule has 1 aromatic carbocycles. The van der Waals surface area contributed by atoms with Gasteiger partial charge in [0.15, 0.2) is 11.5 Å². The molecule has 25 heavy (non-hydrogen) atoms. The molecule has 0 atom stereocenters. The van der Waals surface area contributed by atoms with E-state index in [9.17, 15) is 0 Å². The van der Waals surface area contributed by atoms with E-state index < -0.39 is 0 Å². The van der Waals surface area contributed by atoms with E-state index in [-0.39, 0.29) is 0 Å². The van der Waals surface area contributed by atoms with Crippen molar-refractivity contribution in [2.24, 2.45) is 0 Å². The Morgan fingerprint density at radius 1 is 0.920 bits per heavy atom. The number of pyridine rings is 1. The van der Waals surface area contributed by atoms with Crippen molar-refractivity contribution in [3.8, 4) is 11.3 Å². The standard InChI is InChI=1S/C18H13N7/c1-2-4-14-12(3-1)5-6-19-16(14)24-17-18-21-11-15(13-9-22-23-10-13)25(18)8-7-20-17/h1-11H,(H,22,23)(H,19,20,24). The number of fused-ring (bicyclic) bond motifs is 2. The lowest BCUT2D eigenvalue weighted by atomic mass is 10.1. The van der Waals surface area contributed by atoms with Gasteiger partial charge in [-0.3, -0.25) is 9.50 Å². The van der Waals surface area contributed by atoms with Gasteiger partial charge in [0.1, 0.15) is 5.82 Å². The van der Waals surface area contributed by atoms with Gasteiger partial charge in [-0.25, -0.2) is 15.0 Å². The molecule has 0 unspecified atom stereocenters. The van der Waals surface area contributed by atoms with Crippen molar-refractivity contribution >= 4 is 28.1 Å². The molecule has 0 radical (unpaired) electrons. The number of hydrogen-bond donors (Lipinski definition) is 2. The molecule has 0 aliphatic heterocycles. The van der Waals surface area contributed by atoms with Crippen LogP contribution in [0.3, 0.4) is 0 Å². The molecule has 7 heteroatoms. The van der Waals surface area contributed by atoms with Gasteiger partial charge in [0, 0.05) is 35.7 Å². The number of nitrogens with zero attached hydrogens (tertiary/aromatic N) is 5. The lowest BCUT2D eigenvalue weighted by molar-refractivity contribution is 1.09. The minimum Gasteiger partial charge on any atom is -0.321 e. The van der Waals surface area contributed by atoms with E-state index in [0.29, 0.717) is 5.82 Å². The number of nitrogens with one attached hydrogen (secondary N) is 2. The van der Waals surface area contributed by atoms with E-state index >= 15 is 0 Å². The fourth-order valence-electron chi connectivity index (χ4n) is 2.94. The van der Waals surface area contributed by atoms with Gasteiger partial charge in [-0.2, -0.15) is 5.10 Å². The number of aromatic amines is 1. The molecule has 0 bridgehead atoms. The van der Waals surface area contributed by atoms with Gasteiger partial charge in [0.05, 0.1) is 18.1 Å². The SMILES string of the molecule is c1ccc2c(Nc3nccn4c(-c5cn[nH]c5)cnc34)nccc2c1. The number of benzene rings is 1. The summed E-state index contributed by atoms with van der Waals surface area (Å²) in [5, 5.41) is 12.3. The predicted octanol–water partition coefficient (Wildman–Crippen LogP) is 3.41. The molecule has 0 spiro atoms. The number of H-pyrrole nitrogens is 1. The first-order valence-corrected chi connectivity index (χ1v) is 7.82. The molecule has 0 saturated carbocycles. The van der Waals surface area contributed by atoms with Crippen molar-refractivity contribution in [2.75, 3.05) is 5.32 Å². The average Bonchev–Trinajstić information content (AvgIpc) is 3.32. The second kappa shape index (κ2) is 5.41. The lowest BCUT2D eigenvalue weighted by Gasteiger charge is -2.09. The molecule has 4 aromatic heterocycles. The van der Waals surface area contributed by atoms with Crippen LogP contribution in [0.2, 0.25) is 0 Å². The van der Waals surface area contributed by atoms with Crippen LogP contribution in [0.1, 0.15) is 0 Å². The zero-order chi connectivity index (χ0) is 16.6. The van der Waals surface area contributed by atoms with Crippen LogP contribution in [0.4, 0.5) is 11.6 Å². The van der Waals surface area contributed by atoms with Gasteiger partial charge in [0.2, 0.25) is 0 Å². The number of aromatic nitrogens is 6. The fourth-order valence-corrected chi connectivity index (χ4v) is 2.94. The minimum atomic E-state index is 0.654. The average molecular weight is 327 g/mol. The Balaban J connectivity index is 1.64. The summed E-state index contributed by atoms with van der Waals surface area (Å²) in [6, 6.07) is 10.1. The van der Waals surface area contributed by atoms with Crippen LogP contribution >= 0.6 is 0 Å². The Morgan fingerprint density at radius 2 is 1.84 bits per heavy atom. The van der Waals surface area contributed by atoms with Crippen LogP contribution in [-0.2, 0) is 0 Å². The normalized spacial score (nSPS) is 11.2. The molecule has 0 saturated heterocycles. The Bertz CT molecular complexity index is 1170. The largest absolute Gasteiger partial charge is 0.321 e. The molecule has 0 fully saturated rings. The molecule has 0 aliphatic carbocycles. The summed E-state index contributed by atoms with van der Waals surface area (Å²) < 4.78 is 1.98. The second-order valence-electron chi connectivity index (χ2n) is 5.61. The molecule has 0 amide bonds. The zero-order valence-electron chi connectivity index (χ0n) is 13.1. The van der Waals surface area contributed by atoms with Gasteiger partial charge in [-0.1, -0.05) is 24.3 Å². The van der Waals surface area contributed by atoms with E-state index in [1.54, 1.807) is 18.6 Å². The molecule has 2 N–H and O–H groups in total. The topological polar surface area (TPSA) is 83.8 Å². The summed E-state index contributed by atoms with van der Waals surface area (Å²) in [5.74, 6) is 1.41. The first-order chi connectivity index (χ1) is 12.4. The van der Waals surface area contributed by atoms with E-state index in [2.05, 4.69) is 36.5 Å². The summed E-state index contributed by atoms with van der Waals surface area (Å²) in [6.07, 6.45) is 10.8.